The van der Waals surface area contributed by atoms with Crippen LogP contribution in [0.5, 0.6) is 0 Å². The van der Waals surface area contributed by atoms with E-state index in [2.05, 4.69) is 92.8 Å². The van der Waals surface area contributed by atoms with Crippen LogP contribution in [-0.4, -0.2) is 32.8 Å². The van der Waals surface area contributed by atoms with Crippen molar-refractivity contribution in [2.45, 2.75) is 51.2 Å². The van der Waals surface area contributed by atoms with Crippen molar-refractivity contribution in [2.75, 3.05) is 32.1 Å². The van der Waals surface area contributed by atoms with Gasteiger partial charge in [-0.25, -0.2) is 0 Å². The summed E-state index contributed by atoms with van der Waals surface area (Å²) in [5.41, 5.74) is 4.06. The molecule has 2 aromatic rings. The third kappa shape index (κ3) is 5.83. The summed E-state index contributed by atoms with van der Waals surface area (Å²) in [5, 5.41) is 3.67. The Bertz CT molecular complexity index is 709. The Balaban J connectivity index is 1.57. The molecule has 1 aliphatic heterocycles. The predicted molar refractivity (Wildman–Crippen MR) is 119 cm³/mol. The van der Waals surface area contributed by atoms with Gasteiger partial charge in [-0.05, 0) is 74.8 Å². The van der Waals surface area contributed by atoms with Gasteiger partial charge in [-0.2, -0.15) is 0 Å². The van der Waals surface area contributed by atoms with Gasteiger partial charge < -0.3 is 15.0 Å². The molecule has 0 aliphatic carbocycles. The van der Waals surface area contributed by atoms with E-state index in [9.17, 15) is 0 Å². The van der Waals surface area contributed by atoms with E-state index in [0.717, 1.165) is 32.5 Å². The predicted octanol–water partition coefficient (Wildman–Crippen LogP) is 5.22. The second-order valence-electron chi connectivity index (χ2n) is 8.90. The molecule has 2 aromatic carbocycles. The van der Waals surface area contributed by atoms with E-state index >= 15 is 0 Å². The van der Waals surface area contributed by atoms with Gasteiger partial charge in [-0.3, -0.25) is 0 Å². The fourth-order valence-electron chi connectivity index (χ4n) is 4.40. The lowest BCUT2D eigenvalue weighted by atomic mass is 9.75. The molecule has 0 bridgehead atoms. The van der Waals surface area contributed by atoms with Crippen molar-refractivity contribution in [3.63, 3.8) is 0 Å². The average Bonchev–Trinajstić information content (AvgIpc) is 2.68. The average molecular weight is 381 g/mol. The first-order valence-electron chi connectivity index (χ1n) is 10.6. The fourth-order valence-corrected chi connectivity index (χ4v) is 4.40. The highest BCUT2D eigenvalue weighted by Crippen LogP contribution is 2.39. The molecular formula is C25H36N2O. The fraction of sp³-hybridized carbons (Fsp3) is 0.520. The highest BCUT2D eigenvalue weighted by Gasteiger charge is 2.33. The van der Waals surface area contributed by atoms with E-state index in [-0.39, 0.29) is 5.60 Å². The number of rotatable bonds is 8. The minimum absolute atomic E-state index is 0.00242. The Morgan fingerprint density at radius 2 is 1.79 bits per heavy atom. The Morgan fingerprint density at radius 3 is 2.43 bits per heavy atom. The van der Waals surface area contributed by atoms with Gasteiger partial charge >= 0.3 is 0 Å². The molecule has 28 heavy (non-hydrogen) atoms. The molecule has 1 N–H and O–H groups in total. The number of benzene rings is 2. The normalized spacial score (nSPS) is 19.9. The van der Waals surface area contributed by atoms with Crippen LogP contribution in [0, 0.1) is 5.92 Å². The van der Waals surface area contributed by atoms with Crippen LogP contribution >= 0.6 is 0 Å². The molecule has 1 saturated heterocycles. The van der Waals surface area contributed by atoms with E-state index < -0.39 is 0 Å². The lowest BCUT2D eigenvalue weighted by Gasteiger charge is -2.39. The zero-order valence-corrected chi connectivity index (χ0v) is 17.9. The maximum Gasteiger partial charge on any atom is 0.0629 e. The van der Waals surface area contributed by atoms with Crippen LogP contribution in [0.15, 0.2) is 54.6 Å². The Kier molecular flexibility index (Phi) is 7.14. The summed E-state index contributed by atoms with van der Waals surface area (Å²) in [6.07, 6.45) is 3.47. The van der Waals surface area contributed by atoms with Crippen molar-refractivity contribution in [3.05, 3.63) is 65.7 Å². The first kappa shape index (κ1) is 20.9. The van der Waals surface area contributed by atoms with Gasteiger partial charge in [-0.1, -0.05) is 42.5 Å². The molecular weight excluding hydrogens is 344 g/mol. The summed E-state index contributed by atoms with van der Waals surface area (Å²) in [7, 11) is 4.16. The molecule has 0 amide bonds. The van der Waals surface area contributed by atoms with E-state index in [1.54, 1.807) is 0 Å². The zero-order valence-electron chi connectivity index (χ0n) is 17.9. The second-order valence-corrected chi connectivity index (χ2v) is 8.90. The summed E-state index contributed by atoms with van der Waals surface area (Å²) in [5.74, 6) is 1.28. The van der Waals surface area contributed by atoms with Gasteiger partial charge in [0.05, 0.1) is 5.60 Å². The van der Waals surface area contributed by atoms with Crippen LogP contribution in [0.1, 0.15) is 50.2 Å². The molecule has 1 heterocycles. The van der Waals surface area contributed by atoms with Crippen LogP contribution in [-0.2, 0) is 11.3 Å². The molecule has 0 spiro atoms. The summed E-state index contributed by atoms with van der Waals surface area (Å²) < 4.78 is 5.97. The SMILES string of the molecule is CN(C)c1ccc(CNCC[C@H](c2ccccc2)[C@@H]2CCOC(C)(C)C2)cc1. The first-order chi connectivity index (χ1) is 13.4. The standard InChI is InChI=1S/C25H36N2O/c1-25(2)18-22(15-17-28-25)24(21-8-6-5-7-9-21)14-16-26-19-20-10-12-23(13-11-20)27(3)4/h5-13,22,24,26H,14-19H2,1-4H3/t22-,24-/m1/s1. The molecule has 0 radical (unpaired) electrons. The van der Waals surface area contributed by atoms with Gasteiger partial charge in [0.1, 0.15) is 0 Å². The molecule has 2 atom stereocenters. The number of hydrogen-bond acceptors (Lipinski definition) is 3. The molecule has 3 nitrogen and oxygen atoms in total. The summed E-state index contributed by atoms with van der Waals surface area (Å²) in [4.78, 5) is 2.14. The number of hydrogen-bond donors (Lipinski definition) is 1. The highest BCUT2D eigenvalue weighted by molar-refractivity contribution is 5.45. The van der Waals surface area contributed by atoms with Gasteiger partial charge in [0.2, 0.25) is 0 Å². The number of nitrogens with zero attached hydrogens (tertiary/aromatic N) is 1. The van der Waals surface area contributed by atoms with Gasteiger partial charge in [0, 0.05) is 32.9 Å². The first-order valence-corrected chi connectivity index (χ1v) is 10.6. The molecule has 0 unspecified atom stereocenters. The van der Waals surface area contributed by atoms with Gasteiger partial charge in [-0.15, -0.1) is 0 Å². The monoisotopic (exact) mass is 380 g/mol. The molecule has 1 aliphatic rings. The number of nitrogens with one attached hydrogen (secondary N) is 1. The van der Waals surface area contributed by atoms with Crippen LogP contribution in [0.4, 0.5) is 5.69 Å². The van der Waals surface area contributed by atoms with E-state index in [1.165, 1.54) is 23.2 Å². The quantitative estimate of drug-likeness (QED) is 0.635. The molecule has 3 rings (SSSR count). The van der Waals surface area contributed by atoms with E-state index in [0.29, 0.717) is 11.8 Å². The zero-order chi connectivity index (χ0) is 20.0. The van der Waals surface area contributed by atoms with E-state index in [1.807, 2.05) is 0 Å². The summed E-state index contributed by atoms with van der Waals surface area (Å²) >= 11 is 0. The molecule has 0 saturated carbocycles. The van der Waals surface area contributed by atoms with Crippen molar-refractivity contribution in [3.8, 4) is 0 Å². The van der Waals surface area contributed by atoms with Crippen molar-refractivity contribution in [2.24, 2.45) is 5.92 Å². The lowest BCUT2D eigenvalue weighted by molar-refractivity contribution is -0.0771. The minimum Gasteiger partial charge on any atom is -0.378 e. The minimum atomic E-state index is -0.00242. The van der Waals surface area contributed by atoms with Crippen molar-refractivity contribution in [1.29, 1.82) is 0 Å². The Labute approximate surface area is 171 Å². The molecule has 152 valence electrons. The lowest BCUT2D eigenvalue weighted by Crippen LogP contribution is -2.36. The van der Waals surface area contributed by atoms with Crippen molar-refractivity contribution in [1.82, 2.24) is 5.32 Å². The van der Waals surface area contributed by atoms with Gasteiger partial charge in [0.15, 0.2) is 0 Å². The highest BCUT2D eigenvalue weighted by atomic mass is 16.5. The largest absolute Gasteiger partial charge is 0.378 e. The summed E-state index contributed by atoms with van der Waals surface area (Å²) in [6.45, 7) is 7.31. The van der Waals surface area contributed by atoms with Crippen LogP contribution in [0.3, 0.4) is 0 Å². The topological polar surface area (TPSA) is 24.5 Å². The maximum atomic E-state index is 5.97. The van der Waals surface area contributed by atoms with Crippen molar-refractivity contribution < 1.29 is 4.74 Å². The Morgan fingerprint density at radius 1 is 1.07 bits per heavy atom. The number of anilines is 1. The molecule has 3 heteroatoms. The molecule has 0 aromatic heterocycles. The third-order valence-corrected chi connectivity index (χ3v) is 5.95. The van der Waals surface area contributed by atoms with Crippen LogP contribution in [0.25, 0.3) is 0 Å². The van der Waals surface area contributed by atoms with Crippen LogP contribution in [0.2, 0.25) is 0 Å². The maximum absolute atomic E-state index is 5.97. The van der Waals surface area contributed by atoms with Gasteiger partial charge in [0.25, 0.3) is 0 Å². The second kappa shape index (κ2) is 9.58. The molecule has 1 fully saturated rings. The third-order valence-electron chi connectivity index (χ3n) is 5.95. The van der Waals surface area contributed by atoms with E-state index in [4.69, 9.17) is 4.74 Å². The number of ether oxygens (including phenoxy) is 1. The Hall–Kier alpha value is -1.84. The van der Waals surface area contributed by atoms with Crippen LogP contribution < -0.4 is 10.2 Å². The summed E-state index contributed by atoms with van der Waals surface area (Å²) in [6, 6.07) is 19.9. The van der Waals surface area contributed by atoms with Crippen molar-refractivity contribution >= 4 is 5.69 Å². The smallest absolute Gasteiger partial charge is 0.0629 e.